The Morgan fingerprint density at radius 1 is 1.03 bits per heavy atom. The van der Waals surface area contributed by atoms with E-state index >= 15 is 4.39 Å². The van der Waals surface area contributed by atoms with Crippen LogP contribution >= 0.6 is 0 Å². The van der Waals surface area contributed by atoms with Crippen LogP contribution in [0.2, 0.25) is 0 Å². The number of rotatable bonds is 5. The second kappa shape index (κ2) is 9.34. The zero-order valence-corrected chi connectivity index (χ0v) is 20.7. The van der Waals surface area contributed by atoms with Crippen LogP contribution in [0.3, 0.4) is 0 Å². The summed E-state index contributed by atoms with van der Waals surface area (Å²) in [5.74, 6) is 1.60. The van der Waals surface area contributed by atoms with Gasteiger partial charge in [0.25, 0.3) is 5.91 Å². The predicted octanol–water partition coefficient (Wildman–Crippen LogP) is 4.84. The normalized spacial score (nSPS) is 34.8. The smallest absolute Gasteiger partial charge is 0.255 e. The van der Waals surface area contributed by atoms with Gasteiger partial charge < -0.3 is 15.5 Å². The number of hydrogen-bond donors (Lipinski definition) is 2. The molecule has 2 N–H and O–H groups in total. The van der Waals surface area contributed by atoms with Crippen molar-refractivity contribution in [2.75, 3.05) is 0 Å². The molecule has 3 unspecified atom stereocenters. The number of carbonyl (C=O) groups is 2. The zero-order chi connectivity index (χ0) is 24.1. The van der Waals surface area contributed by atoms with E-state index in [1.165, 1.54) is 51.4 Å². The van der Waals surface area contributed by atoms with E-state index in [0.29, 0.717) is 54.1 Å². The number of halogens is 1. The maximum atomic E-state index is 15.8. The highest BCUT2D eigenvalue weighted by Gasteiger charge is 2.41. The molecule has 5 aliphatic rings. The Balaban J connectivity index is 1.15. The van der Waals surface area contributed by atoms with Crippen LogP contribution in [0, 0.1) is 23.6 Å². The third-order valence-electron chi connectivity index (χ3n) is 9.67. The topological polar surface area (TPSA) is 61.4 Å². The van der Waals surface area contributed by atoms with Crippen molar-refractivity contribution in [2.24, 2.45) is 17.8 Å². The lowest BCUT2D eigenvalue weighted by Gasteiger charge is -2.35. The van der Waals surface area contributed by atoms with Crippen LogP contribution in [0.4, 0.5) is 4.39 Å². The summed E-state index contributed by atoms with van der Waals surface area (Å²) in [7, 11) is 0. The maximum Gasteiger partial charge on any atom is 0.255 e. The number of nitrogens with one attached hydrogen (secondary N) is 2. The Morgan fingerprint density at radius 2 is 1.80 bits per heavy atom. The van der Waals surface area contributed by atoms with Gasteiger partial charge in [0, 0.05) is 28.9 Å². The average Bonchev–Trinajstić information content (AvgIpc) is 3.51. The first-order valence-corrected chi connectivity index (χ1v) is 13.8. The molecule has 1 saturated heterocycles. The Hall–Kier alpha value is -2.21. The summed E-state index contributed by atoms with van der Waals surface area (Å²) in [4.78, 5) is 27.1. The number of hydrogen-bond acceptors (Lipinski definition) is 3. The molecule has 0 radical (unpaired) electrons. The minimum atomic E-state index is -0.555. The molecule has 5 atom stereocenters. The van der Waals surface area contributed by atoms with Gasteiger partial charge in [-0.1, -0.05) is 44.7 Å². The molecule has 6 heteroatoms. The van der Waals surface area contributed by atoms with Crippen molar-refractivity contribution in [3.63, 3.8) is 0 Å². The van der Waals surface area contributed by atoms with Gasteiger partial charge in [0.15, 0.2) is 0 Å². The fourth-order valence-corrected chi connectivity index (χ4v) is 7.84. The SMILES string of the molecule is C=C1CCC(N2Cc3c(ccc(C[C@H]4CCCC[C@@H]4NC4CC5CCCC5C4)c3F)C2=O)C(=O)N1. The van der Waals surface area contributed by atoms with E-state index in [0.717, 1.165) is 23.8 Å². The maximum absolute atomic E-state index is 15.8. The standard InChI is InChI=1S/C29H38FN3O2/c1-17-9-12-26(28(34)31-17)33-16-24-23(29(33)35)11-10-21(27(24)30)13-20-5-2-3-8-25(20)32-22-14-18-6-4-7-19(18)15-22/h10-11,18-20,22,25-26,32H,1-9,12-16H2,(H,31,34)/t18?,19?,20-,22?,25+,26?/m1/s1. The van der Waals surface area contributed by atoms with Crippen LogP contribution in [0.1, 0.15) is 92.1 Å². The Labute approximate surface area is 207 Å². The fraction of sp³-hybridized carbons (Fsp3) is 0.655. The van der Waals surface area contributed by atoms with Crippen LogP contribution in [-0.2, 0) is 17.8 Å². The molecule has 0 aromatic heterocycles. The second-order valence-electron chi connectivity index (χ2n) is 11.8. The summed E-state index contributed by atoms with van der Waals surface area (Å²) in [5.41, 5.74) is 2.29. The first-order chi connectivity index (χ1) is 17.0. The molecule has 4 fully saturated rings. The van der Waals surface area contributed by atoms with Crippen LogP contribution in [0.25, 0.3) is 0 Å². The highest BCUT2D eigenvalue weighted by molar-refractivity contribution is 6.01. The molecular formula is C29H38FN3O2. The lowest BCUT2D eigenvalue weighted by Crippen LogP contribution is -2.49. The molecule has 5 nitrogen and oxygen atoms in total. The molecule has 2 aliphatic heterocycles. The summed E-state index contributed by atoms with van der Waals surface area (Å²) in [6, 6.07) is 4.14. The van der Waals surface area contributed by atoms with Gasteiger partial charge in [-0.3, -0.25) is 9.59 Å². The fourth-order valence-electron chi connectivity index (χ4n) is 7.84. The molecule has 0 spiro atoms. The van der Waals surface area contributed by atoms with Gasteiger partial charge in [-0.15, -0.1) is 0 Å². The molecule has 6 rings (SSSR count). The van der Waals surface area contributed by atoms with Gasteiger partial charge in [0.2, 0.25) is 5.91 Å². The summed E-state index contributed by atoms with van der Waals surface area (Å²) in [5, 5.41) is 6.77. The highest BCUT2D eigenvalue weighted by Crippen LogP contribution is 2.44. The molecule has 3 aliphatic carbocycles. The van der Waals surface area contributed by atoms with E-state index in [2.05, 4.69) is 17.2 Å². The van der Waals surface area contributed by atoms with E-state index in [9.17, 15) is 9.59 Å². The molecule has 3 saturated carbocycles. The Morgan fingerprint density at radius 3 is 2.57 bits per heavy atom. The van der Waals surface area contributed by atoms with Gasteiger partial charge in [-0.05, 0) is 74.3 Å². The quantitative estimate of drug-likeness (QED) is 0.635. The van der Waals surface area contributed by atoms with Crippen molar-refractivity contribution in [3.8, 4) is 0 Å². The summed E-state index contributed by atoms with van der Waals surface area (Å²) in [6.45, 7) is 3.99. The van der Waals surface area contributed by atoms with Crippen molar-refractivity contribution in [2.45, 2.75) is 102 Å². The molecule has 1 aromatic carbocycles. The van der Waals surface area contributed by atoms with Crippen molar-refractivity contribution >= 4 is 11.8 Å². The highest BCUT2D eigenvalue weighted by atomic mass is 19.1. The van der Waals surface area contributed by atoms with E-state index in [-0.39, 0.29) is 24.2 Å². The van der Waals surface area contributed by atoms with Crippen molar-refractivity contribution in [3.05, 3.63) is 46.9 Å². The lowest BCUT2D eigenvalue weighted by atomic mass is 9.80. The number of benzene rings is 1. The predicted molar refractivity (Wildman–Crippen MR) is 133 cm³/mol. The number of nitrogens with zero attached hydrogens (tertiary/aromatic N) is 1. The van der Waals surface area contributed by atoms with Gasteiger partial charge in [0.05, 0.1) is 6.54 Å². The van der Waals surface area contributed by atoms with Crippen molar-refractivity contribution in [1.82, 2.24) is 15.5 Å². The van der Waals surface area contributed by atoms with E-state index in [1.807, 2.05) is 6.07 Å². The van der Waals surface area contributed by atoms with Crippen molar-refractivity contribution < 1.29 is 14.0 Å². The van der Waals surface area contributed by atoms with Gasteiger partial charge in [-0.25, -0.2) is 4.39 Å². The molecule has 188 valence electrons. The Bertz CT molecular complexity index is 1030. The minimum absolute atomic E-state index is 0.176. The van der Waals surface area contributed by atoms with Gasteiger partial charge in [0.1, 0.15) is 11.9 Å². The van der Waals surface area contributed by atoms with Crippen molar-refractivity contribution in [1.29, 1.82) is 0 Å². The number of carbonyl (C=O) groups excluding carboxylic acids is 2. The average molecular weight is 480 g/mol. The van der Waals surface area contributed by atoms with E-state index in [4.69, 9.17) is 0 Å². The number of amides is 2. The van der Waals surface area contributed by atoms with E-state index < -0.39 is 6.04 Å². The number of fused-ring (bicyclic) bond motifs is 2. The molecule has 2 amide bonds. The summed E-state index contributed by atoms with van der Waals surface area (Å²) < 4.78 is 15.8. The number of allylic oxidation sites excluding steroid dienone is 1. The summed E-state index contributed by atoms with van der Waals surface area (Å²) in [6.07, 6.45) is 13.5. The largest absolute Gasteiger partial charge is 0.329 e. The Kier molecular flexibility index (Phi) is 6.20. The molecule has 1 aromatic rings. The molecular weight excluding hydrogens is 441 g/mol. The molecule has 0 bridgehead atoms. The summed E-state index contributed by atoms with van der Waals surface area (Å²) >= 11 is 0. The molecule has 2 heterocycles. The van der Waals surface area contributed by atoms with Gasteiger partial charge in [-0.2, -0.15) is 0 Å². The van der Waals surface area contributed by atoms with Crippen LogP contribution in [0.5, 0.6) is 0 Å². The van der Waals surface area contributed by atoms with E-state index in [1.54, 1.807) is 11.0 Å². The molecule has 35 heavy (non-hydrogen) atoms. The lowest BCUT2D eigenvalue weighted by molar-refractivity contribution is -0.126. The third kappa shape index (κ3) is 4.32. The van der Waals surface area contributed by atoms with Crippen LogP contribution in [0.15, 0.2) is 24.4 Å². The van der Waals surface area contributed by atoms with Gasteiger partial charge >= 0.3 is 0 Å². The monoisotopic (exact) mass is 479 g/mol. The number of piperidine rings is 1. The van der Waals surface area contributed by atoms with Crippen LogP contribution < -0.4 is 10.6 Å². The first kappa shape index (κ1) is 23.2. The second-order valence-corrected chi connectivity index (χ2v) is 11.8. The minimum Gasteiger partial charge on any atom is -0.329 e. The zero-order valence-electron chi connectivity index (χ0n) is 20.7. The van der Waals surface area contributed by atoms with Crippen LogP contribution in [-0.4, -0.2) is 34.8 Å². The first-order valence-electron chi connectivity index (χ1n) is 13.8. The third-order valence-corrected chi connectivity index (χ3v) is 9.67.